The topological polar surface area (TPSA) is 99.8 Å². The molecule has 28 heavy (non-hydrogen) atoms. The van der Waals surface area contributed by atoms with Gasteiger partial charge in [-0.3, -0.25) is 10.1 Å². The van der Waals surface area contributed by atoms with E-state index in [2.05, 4.69) is 16.0 Å². The maximum atomic E-state index is 12.5. The normalized spacial score (nSPS) is 24.0. The van der Waals surface area contributed by atoms with Gasteiger partial charge in [-0.1, -0.05) is 42.5 Å². The third kappa shape index (κ3) is 3.36. The maximum absolute atomic E-state index is 12.5. The summed E-state index contributed by atoms with van der Waals surface area (Å²) in [7, 11) is 1.54. The Hall–Kier alpha value is -3.55. The van der Waals surface area contributed by atoms with Gasteiger partial charge in [-0.25, -0.2) is 9.59 Å². The molecule has 4 rings (SSSR count). The smallest absolute Gasteiger partial charge is 0.325 e. The van der Waals surface area contributed by atoms with Gasteiger partial charge in [0.15, 0.2) is 0 Å². The van der Waals surface area contributed by atoms with Gasteiger partial charge in [0.1, 0.15) is 24.4 Å². The molecule has 2 aliphatic heterocycles. The molecule has 0 aromatic heterocycles. The number of carbonyl (C=O) groups excluding carboxylic acids is 3. The molecule has 2 fully saturated rings. The van der Waals surface area contributed by atoms with Crippen LogP contribution >= 0.6 is 0 Å². The number of nitrogens with zero attached hydrogens (tertiary/aromatic N) is 1. The van der Waals surface area contributed by atoms with Crippen molar-refractivity contribution in [2.24, 2.45) is 5.92 Å². The molecule has 8 heteroatoms. The Morgan fingerprint density at radius 2 is 1.79 bits per heavy atom. The van der Waals surface area contributed by atoms with Crippen LogP contribution in [-0.2, 0) is 11.4 Å². The summed E-state index contributed by atoms with van der Waals surface area (Å²) in [6, 6.07) is 15.5. The number of urea groups is 2. The van der Waals surface area contributed by atoms with E-state index in [1.807, 2.05) is 48.5 Å². The zero-order valence-electron chi connectivity index (χ0n) is 15.2. The van der Waals surface area contributed by atoms with Gasteiger partial charge >= 0.3 is 12.1 Å². The lowest BCUT2D eigenvalue weighted by Gasteiger charge is -2.45. The summed E-state index contributed by atoms with van der Waals surface area (Å²) in [5, 5.41) is 7.78. The minimum Gasteiger partial charge on any atom is -0.489 e. The summed E-state index contributed by atoms with van der Waals surface area (Å²) in [4.78, 5) is 37.8. The molecule has 0 saturated carbocycles. The number of imide groups is 1. The Balaban J connectivity index is 1.58. The lowest BCUT2D eigenvalue weighted by molar-refractivity contribution is -0.130. The molecular weight excluding hydrogens is 360 g/mol. The number of benzene rings is 2. The molecule has 3 atom stereocenters. The number of amides is 5. The lowest BCUT2D eigenvalue weighted by atomic mass is 9.86. The Kier molecular flexibility index (Phi) is 4.60. The van der Waals surface area contributed by atoms with Gasteiger partial charge < -0.3 is 20.3 Å². The van der Waals surface area contributed by atoms with Crippen LogP contribution in [0.3, 0.4) is 0 Å². The fraction of sp³-hybridized carbons (Fsp3) is 0.250. The van der Waals surface area contributed by atoms with Gasteiger partial charge in [0.2, 0.25) is 5.91 Å². The summed E-state index contributed by atoms with van der Waals surface area (Å²) in [6.45, 7) is 0.409. The monoisotopic (exact) mass is 380 g/mol. The largest absolute Gasteiger partial charge is 0.489 e. The first kappa shape index (κ1) is 17.8. The average Bonchev–Trinajstić information content (AvgIpc) is 2.71. The van der Waals surface area contributed by atoms with E-state index in [1.165, 1.54) is 4.90 Å². The molecule has 2 aliphatic rings. The Bertz CT molecular complexity index is 917. The van der Waals surface area contributed by atoms with E-state index in [9.17, 15) is 14.4 Å². The van der Waals surface area contributed by atoms with Crippen LogP contribution in [0.4, 0.5) is 9.59 Å². The van der Waals surface area contributed by atoms with Crippen LogP contribution in [0.1, 0.15) is 17.2 Å². The first-order chi connectivity index (χ1) is 13.5. The van der Waals surface area contributed by atoms with E-state index < -0.39 is 36.1 Å². The van der Waals surface area contributed by atoms with Crippen molar-refractivity contribution in [1.82, 2.24) is 20.9 Å². The minimum absolute atomic E-state index is 0.409. The minimum atomic E-state index is -0.714. The molecule has 8 nitrogen and oxygen atoms in total. The molecular formula is C20H20N4O4. The van der Waals surface area contributed by atoms with Crippen molar-refractivity contribution < 1.29 is 19.1 Å². The Labute approximate surface area is 161 Å². The molecule has 2 heterocycles. The molecule has 0 aliphatic carbocycles. The zero-order chi connectivity index (χ0) is 19.7. The van der Waals surface area contributed by atoms with Crippen molar-refractivity contribution in [3.63, 3.8) is 0 Å². The number of rotatable bonds is 4. The van der Waals surface area contributed by atoms with Crippen molar-refractivity contribution in [2.75, 3.05) is 7.05 Å². The van der Waals surface area contributed by atoms with E-state index in [4.69, 9.17) is 4.74 Å². The van der Waals surface area contributed by atoms with E-state index in [1.54, 1.807) is 13.1 Å². The van der Waals surface area contributed by atoms with Gasteiger partial charge in [0.05, 0.1) is 6.04 Å². The third-order valence-electron chi connectivity index (χ3n) is 5.00. The Morgan fingerprint density at radius 1 is 1.00 bits per heavy atom. The van der Waals surface area contributed by atoms with E-state index in [0.29, 0.717) is 12.4 Å². The molecule has 144 valence electrons. The van der Waals surface area contributed by atoms with Gasteiger partial charge in [-0.15, -0.1) is 0 Å². The lowest BCUT2D eigenvalue weighted by Crippen LogP contribution is -2.71. The fourth-order valence-electron chi connectivity index (χ4n) is 3.54. The highest BCUT2D eigenvalue weighted by Crippen LogP contribution is 2.32. The standard InChI is InChI=1S/C20H20N4O4/c1-24-17-15(18(25)23-20(24)27)16(21-19(26)22-17)13-8-5-9-14(10-13)28-11-12-6-3-2-4-7-12/h2-10,15-17H,11H2,1H3,(H2,21,22,26)(H,23,25,27). The molecule has 0 spiro atoms. The van der Waals surface area contributed by atoms with Gasteiger partial charge in [-0.05, 0) is 23.3 Å². The predicted molar refractivity (Wildman–Crippen MR) is 100 cm³/mol. The molecule has 2 saturated heterocycles. The van der Waals surface area contributed by atoms with Gasteiger partial charge in [0.25, 0.3) is 0 Å². The number of nitrogens with one attached hydrogen (secondary N) is 3. The highest BCUT2D eigenvalue weighted by molar-refractivity contribution is 6.00. The number of carbonyl (C=O) groups is 3. The summed E-state index contributed by atoms with van der Waals surface area (Å²) in [5.41, 5.74) is 1.77. The predicted octanol–water partition coefficient (Wildman–Crippen LogP) is 1.74. The van der Waals surface area contributed by atoms with Crippen LogP contribution in [0.25, 0.3) is 0 Å². The van der Waals surface area contributed by atoms with Crippen LogP contribution in [-0.4, -0.2) is 36.1 Å². The number of hydrogen-bond acceptors (Lipinski definition) is 4. The number of fused-ring (bicyclic) bond motifs is 1. The van der Waals surface area contributed by atoms with Crippen molar-refractivity contribution in [1.29, 1.82) is 0 Å². The Morgan fingerprint density at radius 3 is 2.57 bits per heavy atom. The molecule has 3 N–H and O–H groups in total. The second-order valence-electron chi connectivity index (χ2n) is 6.82. The summed E-state index contributed by atoms with van der Waals surface area (Å²) < 4.78 is 5.86. The second kappa shape index (κ2) is 7.22. The van der Waals surface area contributed by atoms with Crippen LogP contribution in [0, 0.1) is 5.92 Å². The first-order valence-corrected chi connectivity index (χ1v) is 8.94. The highest BCUT2D eigenvalue weighted by atomic mass is 16.5. The maximum Gasteiger partial charge on any atom is 0.325 e. The number of hydrogen-bond donors (Lipinski definition) is 3. The van der Waals surface area contributed by atoms with Gasteiger partial charge in [0, 0.05) is 7.05 Å². The quantitative estimate of drug-likeness (QED) is 0.752. The fourth-order valence-corrected chi connectivity index (χ4v) is 3.54. The molecule has 2 aromatic carbocycles. The first-order valence-electron chi connectivity index (χ1n) is 8.94. The molecule has 0 bridgehead atoms. The molecule has 0 radical (unpaired) electrons. The number of ether oxygens (including phenoxy) is 1. The van der Waals surface area contributed by atoms with E-state index in [-0.39, 0.29) is 0 Å². The summed E-state index contributed by atoms with van der Waals surface area (Å²) >= 11 is 0. The summed E-state index contributed by atoms with van der Waals surface area (Å²) in [6.07, 6.45) is -0.714. The van der Waals surface area contributed by atoms with Crippen LogP contribution in [0.5, 0.6) is 5.75 Å². The second-order valence-corrected chi connectivity index (χ2v) is 6.82. The molecule has 3 unspecified atom stereocenters. The average molecular weight is 380 g/mol. The van der Waals surface area contributed by atoms with Crippen molar-refractivity contribution >= 4 is 18.0 Å². The highest BCUT2D eigenvalue weighted by Gasteiger charge is 2.48. The molecule has 5 amide bonds. The van der Waals surface area contributed by atoms with Crippen molar-refractivity contribution in [3.05, 3.63) is 65.7 Å². The third-order valence-corrected chi connectivity index (χ3v) is 5.00. The van der Waals surface area contributed by atoms with Crippen molar-refractivity contribution in [3.8, 4) is 5.75 Å². The van der Waals surface area contributed by atoms with Crippen LogP contribution in [0.2, 0.25) is 0 Å². The zero-order valence-corrected chi connectivity index (χ0v) is 15.2. The van der Waals surface area contributed by atoms with Crippen LogP contribution < -0.4 is 20.7 Å². The van der Waals surface area contributed by atoms with Crippen molar-refractivity contribution in [2.45, 2.75) is 18.8 Å². The van der Waals surface area contributed by atoms with Crippen LogP contribution in [0.15, 0.2) is 54.6 Å². The van der Waals surface area contributed by atoms with E-state index >= 15 is 0 Å². The van der Waals surface area contributed by atoms with Gasteiger partial charge in [-0.2, -0.15) is 0 Å². The van der Waals surface area contributed by atoms with E-state index in [0.717, 1.165) is 11.1 Å². The SMILES string of the molecule is CN1C(=O)NC(=O)C2C(c3cccc(OCc4ccccc4)c3)NC(=O)NC21. The molecule has 2 aromatic rings. The summed E-state index contributed by atoms with van der Waals surface area (Å²) in [5.74, 6) is -0.461.